The minimum absolute atomic E-state index is 0.0344. The lowest BCUT2D eigenvalue weighted by molar-refractivity contribution is -0.150. The number of rotatable bonds is 9. The highest BCUT2D eigenvalue weighted by Crippen LogP contribution is 2.41. The van der Waals surface area contributed by atoms with Crippen molar-refractivity contribution in [2.75, 3.05) is 24.3 Å². The first-order chi connectivity index (χ1) is 19.2. The number of aromatic amines is 1. The van der Waals surface area contributed by atoms with Crippen LogP contribution in [0.5, 0.6) is 5.75 Å². The molecule has 0 aliphatic carbocycles. The van der Waals surface area contributed by atoms with Gasteiger partial charge in [0.25, 0.3) is 22.9 Å². The van der Waals surface area contributed by atoms with Gasteiger partial charge >= 0.3 is 5.97 Å². The van der Waals surface area contributed by atoms with E-state index >= 15 is 0 Å². The van der Waals surface area contributed by atoms with Crippen LogP contribution in [0.15, 0.2) is 43.3 Å². The van der Waals surface area contributed by atoms with E-state index in [4.69, 9.17) is 15.0 Å². The summed E-state index contributed by atoms with van der Waals surface area (Å²) >= 11 is 3.12. The van der Waals surface area contributed by atoms with Crippen LogP contribution in [-0.4, -0.2) is 93.2 Å². The van der Waals surface area contributed by atoms with Crippen LogP contribution in [0.4, 0.5) is 5.13 Å². The molecule has 0 aromatic carbocycles. The van der Waals surface area contributed by atoms with Crippen LogP contribution in [0, 0.1) is 0 Å². The summed E-state index contributed by atoms with van der Waals surface area (Å²) in [5, 5.41) is 32.8. The van der Waals surface area contributed by atoms with Gasteiger partial charge in [-0.3, -0.25) is 19.3 Å². The summed E-state index contributed by atoms with van der Waals surface area (Å²) in [4.78, 5) is 62.3. The number of amides is 2. The first-order valence-electron chi connectivity index (χ1n) is 11.0. The number of nitrogens with one attached hydrogen (secondary N) is 2. The van der Waals surface area contributed by atoms with Crippen molar-refractivity contribution in [3.05, 3.63) is 39.7 Å². The van der Waals surface area contributed by atoms with Crippen LogP contribution in [0.3, 0.4) is 0 Å². The third kappa shape index (κ3) is 4.98. The molecule has 6 N–H and O–H groups in total. The number of aromatic hydroxyl groups is 1. The number of nitrogens with zero attached hydrogens (tertiary/aromatic N) is 6. The van der Waals surface area contributed by atoms with Crippen LogP contribution in [0.1, 0.15) is 5.82 Å². The lowest BCUT2D eigenvalue weighted by Gasteiger charge is -2.49. The van der Waals surface area contributed by atoms with Crippen molar-refractivity contribution in [3.63, 3.8) is 0 Å². The quantitative estimate of drug-likeness (QED) is 0.0885. The molecule has 5 rings (SSSR count). The molecule has 2 aliphatic rings. The Morgan fingerprint density at radius 1 is 1.38 bits per heavy atom. The number of fused-ring (bicyclic) bond motifs is 1. The largest absolute Gasteiger partial charge is 0.503 e. The highest BCUT2D eigenvalue weighted by molar-refractivity contribution is 8.01. The van der Waals surface area contributed by atoms with Crippen molar-refractivity contribution in [1.29, 1.82) is 0 Å². The Morgan fingerprint density at radius 2 is 2.17 bits per heavy atom. The Bertz CT molecular complexity index is 1630. The molecule has 5 heterocycles. The zero-order chi connectivity index (χ0) is 28.6. The first kappa shape index (κ1) is 27.1. The van der Waals surface area contributed by atoms with E-state index in [9.17, 15) is 29.4 Å². The van der Waals surface area contributed by atoms with E-state index in [1.807, 2.05) is 0 Å². The molecular formula is C20H17N9O8S3. The highest BCUT2D eigenvalue weighted by atomic mass is 32.2. The number of pyridine rings is 1. The smallest absolute Gasteiger partial charge is 0.352 e. The number of hydrogen-bond acceptors (Lipinski definition) is 16. The molecule has 0 radical (unpaired) electrons. The minimum Gasteiger partial charge on any atom is -0.503 e. The Hall–Kier alpha value is -4.43. The summed E-state index contributed by atoms with van der Waals surface area (Å²) in [5.74, 6) is -3.16. The fraction of sp³-hybridized carbons (Fsp3) is 0.250. The van der Waals surface area contributed by atoms with Crippen molar-refractivity contribution < 1.29 is 33.9 Å². The first-order valence-corrected chi connectivity index (χ1v) is 13.8. The number of aliphatic carboxylic acids is 1. The minimum atomic E-state index is -1.32. The van der Waals surface area contributed by atoms with Gasteiger partial charge in [-0.05, 0) is 5.57 Å². The van der Waals surface area contributed by atoms with E-state index in [-0.39, 0.29) is 50.5 Å². The fourth-order valence-corrected chi connectivity index (χ4v) is 6.45. The number of carboxylic acid groups (broad SMARTS) is 1. The van der Waals surface area contributed by atoms with Crippen LogP contribution >= 0.6 is 35.1 Å². The van der Waals surface area contributed by atoms with E-state index in [0.29, 0.717) is 5.57 Å². The molecule has 1 saturated heterocycles. The second-order valence-corrected chi connectivity index (χ2v) is 10.8. The molecule has 2 atom stereocenters. The predicted octanol–water partition coefficient (Wildman–Crippen LogP) is -0.554. The summed E-state index contributed by atoms with van der Waals surface area (Å²) in [6.45, 7) is 0. The normalized spacial score (nSPS) is 18.8. The highest BCUT2D eigenvalue weighted by Gasteiger charge is 2.54. The third-order valence-corrected chi connectivity index (χ3v) is 8.31. The van der Waals surface area contributed by atoms with Gasteiger partial charge in [-0.2, -0.15) is 9.36 Å². The second-order valence-electron chi connectivity index (χ2n) is 7.94. The number of carbonyl (C=O) groups excluding carboxylic acids is 2. The molecule has 20 heteroatoms. The van der Waals surface area contributed by atoms with Crippen molar-refractivity contribution in [3.8, 4) is 17.2 Å². The van der Waals surface area contributed by atoms with E-state index in [1.165, 1.54) is 25.1 Å². The summed E-state index contributed by atoms with van der Waals surface area (Å²) in [5.41, 5.74) is 4.75. The number of nitrogen functional groups attached to an aromatic ring is 1. The number of oxime groups is 1. The number of hydrogen-bond donors (Lipinski definition) is 5. The zero-order valence-corrected chi connectivity index (χ0v) is 22.5. The lowest BCUT2D eigenvalue weighted by Crippen LogP contribution is -2.71. The fourth-order valence-electron chi connectivity index (χ4n) is 3.77. The molecular weight excluding hydrogens is 590 g/mol. The number of nitrogens with two attached hydrogens (primary N) is 1. The maximum absolute atomic E-state index is 13.0. The molecule has 0 saturated carbocycles. The van der Waals surface area contributed by atoms with Gasteiger partial charge in [0, 0.05) is 35.4 Å². The molecule has 208 valence electrons. The molecule has 2 aliphatic heterocycles. The van der Waals surface area contributed by atoms with Gasteiger partial charge in [-0.15, -0.1) is 22.0 Å². The number of carbonyl (C=O) groups is 3. The maximum atomic E-state index is 13.0. The molecule has 40 heavy (non-hydrogen) atoms. The van der Waals surface area contributed by atoms with Crippen molar-refractivity contribution in [1.82, 2.24) is 34.8 Å². The molecule has 3 aromatic rings. The Morgan fingerprint density at radius 3 is 2.88 bits per heavy atom. The maximum Gasteiger partial charge on any atom is 0.352 e. The molecule has 0 unspecified atom stereocenters. The van der Waals surface area contributed by atoms with E-state index in [1.54, 1.807) is 0 Å². The molecule has 2 amide bonds. The van der Waals surface area contributed by atoms with E-state index < -0.39 is 40.4 Å². The van der Waals surface area contributed by atoms with Crippen LogP contribution < -0.4 is 16.5 Å². The Labute approximate surface area is 235 Å². The van der Waals surface area contributed by atoms with E-state index in [0.717, 1.165) is 34.4 Å². The predicted molar refractivity (Wildman–Crippen MR) is 140 cm³/mol. The van der Waals surface area contributed by atoms with Gasteiger partial charge in [0.2, 0.25) is 17.0 Å². The van der Waals surface area contributed by atoms with Crippen molar-refractivity contribution >= 4 is 63.7 Å². The topological polar surface area (TPSA) is 252 Å². The summed E-state index contributed by atoms with van der Waals surface area (Å²) in [7, 11) is 1.22. The number of H-pyrrole nitrogens is 1. The average Bonchev–Trinajstić information content (AvgIpc) is 3.58. The Balaban J connectivity index is 1.29. The average molecular weight is 608 g/mol. The van der Waals surface area contributed by atoms with Gasteiger partial charge in [-0.25, -0.2) is 4.79 Å². The molecule has 17 nitrogen and oxygen atoms in total. The number of carboxylic acids is 1. The molecule has 1 fully saturated rings. The summed E-state index contributed by atoms with van der Waals surface area (Å²) in [6.07, 6.45) is 2.41. The SMILES string of the molecule is CO/N=C(\C(=O)N[C@@H]1C(=O)N2C(C(=O)O)=C(CSc3nnc(-c4c[nH]cc(O)c4=O)o3)CS[C@H]12)c1nsc(N)n1. The van der Waals surface area contributed by atoms with Gasteiger partial charge < -0.3 is 35.5 Å². The van der Waals surface area contributed by atoms with Gasteiger partial charge in [-0.1, -0.05) is 16.9 Å². The summed E-state index contributed by atoms with van der Waals surface area (Å²) in [6, 6.07) is -1.03. The number of thioether (sulfide) groups is 2. The van der Waals surface area contributed by atoms with Crippen molar-refractivity contribution in [2.45, 2.75) is 16.6 Å². The summed E-state index contributed by atoms with van der Waals surface area (Å²) < 4.78 is 9.41. The number of aromatic nitrogens is 5. The van der Waals surface area contributed by atoms with Crippen LogP contribution in [0.2, 0.25) is 0 Å². The zero-order valence-electron chi connectivity index (χ0n) is 20.1. The molecule has 3 aromatic heterocycles. The van der Waals surface area contributed by atoms with Crippen molar-refractivity contribution in [2.24, 2.45) is 5.16 Å². The second kappa shape index (κ2) is 11.0. The van der Waals surface area contributed by atoms with Crippen LogP contribution in [-0.2, 0) is 19.2 Å². The van der Waals surface area contributed by atoms with Gasteiger partial charge in [0.05, 0.1) is 0 Å². The van der Waals surface area contributed by atoms with Gasteiger partial charge in [0.1, 0.15) is 29.8 Å². The monoisotopic (exact) mass is 607 g/mol. The van der Waals surface area contributed by atoms with Gasteiger partial charge in [0.15, 0.2) is 10.9 Å². The standard InChI is InChI=1S/C20H17N9O8S3/c1-36-27-9(13-24-19(21)40-28-13)14(32)23-10-16(33)29-11(18(34)35)6(4-38-17(10)29)5-39-20-26-25-15(37-20)7-2-22-3-8(30)12(7)31/h2-3,10,17,30H,4-5H2,1H3,(H,22,31)(H,23,32)(H,34,35)(H2,21,24,28)/b27-9-/t10-,17-/m1/s1. The third-order valence-electron chi connectivity index (χ3n) is 5.52. The van der Waals surface area contributed by atoms with Crippen LogP contribution in [0.25, 0.3) is 11.5 Å². The number of β-lactam (4-membered cyclic amide) rings is 1. The number of anilines is 1. The molecule has 0 spiro atoms. The Kier molecular flexibility index (Phi) is 7.45. The lowest BCUT2D eigenvalue weighted by atomic mass is 10.0. The molecule has 0 bridgehead atoms. The van der Waals surface area contributed by atoms with E-state index in [2.05, 4.69) is 35.0 Å².